The van der Waals surface area contributed by atoms with Crippen molar-refractivity contribution in [3.63, 3.8) is 0 Å². The molecule has 2 rings (SSSR count). The Kier molecular flexibility index (Phi) is 2.87. The van der Waals surface area contributed by atoms with Crippen LogP contribution in [0.5, 0.6) is 5.75 Å². The largest absolute Gasteiger partial charge is 0.483 e. The summed E-state index contributed by atoms with van der Waals surface area (Å²) in [5.74, 6) is 0.616. The van der Waals surface area contributed by atoms with E-state index < -0.39 is 5.60 Å². The van der Waals surface area contributed by atoms with Crippen molar-refractivity contribution in [1.82, 2.24) is 5.32 Å². The van der Waals surface area contributed by atoms with E-state index in [0.29, 0.717) is 5.02 Å². The van der Waals surface area contributed by atoms with Gasteiger partial charge in [0.25, 0.3) is 0 Å². The van der Waals surface area contributed by atoms with Crippen LogP contribution in [0.15, 0.2) is 24.3 Å². The summed E-state index contributed by atoms with van der Waals surface area (Å²) in [6.45, 7) is 5.35. The van der Waals surface area contributed by atoms with Gasteiger partial charge in [-0.15, -0.1) is 0 Å². The molecular formula is C13H14ClNO2. The number of carbonyl (C=O) groups is 1. The van der Waals surface area contributed by atoms with Crippen LogP contribution in [0.4, 0.5) is 0 Å². The van der Waals surface area contributed by atoms with Crippen molar-refractivity contribution >= 4 is 23.2 Å². The van der Waals surface area contributed by atoms with Gasteiger partial charge < -0.3 is 10.1 Å². The molecule has 0 fully saturated rings. The van der Waals surface area contributed by atoms with Crippen LogP contribution in [0, 0.1) is 0 Å². The van der Waals surface area contributed by atoms with Gasteiger partial charge in [0.05, 0.1) is 5.70 Å². The van der Waals surface area contributed by atoms with Gasteiger partial charge >= 0.3 is 0 Å². The van der Waals surface area contributed by atoms with Gasteiger partial charge in [0.15, 0.2) is 0 Å². The van der Waals surface area contributed by atoms with Gasteiger partial charge in [-0.25, -0.2) is 0 Å². The SMILES string of the molecule is CC(=O)NC1=CC(C)(C)Oc2ccc(Cl)cc21. The molecule has 17 heavy (non-hydrogen) atoms. The fourth-order valence-electron chi connectivity index (χ4n) is 1.83. The molecule has 1 aromatic carbocycles. The Labute approximate surface area is 105 Å². The minimum atomic E-state index is -0.446. The van der Waals surface area contributed by atoms with Crippen LogP contribution in [0.25, 0.3) is 5.70 Å². The molecule has 0 spiro atoms. The third-order valence-electron chi connectivity index (χ3n) is 2.41. The summed E-state index contributed by atoms with van der Waals surface area (Å²) < 4.78 is 5.80. The van der Waals surface area contributed by atoms with E-state index in [1.165, 1.54) is 6.92 Å². The lowest BCUT2D eigenvalue weighted by Gasteiger charge is -2.31. The molecule has 90 valence electrons. The molecule has 0 radical (unpaired) electrons. The van der Waals surface area contributed by atoms with E-state index in [0.717, 1.165) is 17.0 Å². The van der Waals surface area contributed by atoms with Gasteiger partial charge in [-0.3, -0.25) is 4.79 Å². The summed E-state index contributed by atoms with van der Waals surface area (Å²) in [5, 5.41) is 3.42. The Balaban J connectivity index is 2.51. The number of ether oxygens (including phenoxy) is 1. The van der Waals surface area contributed by atoms with E-state index in [9.17, 15) is 4.79 Å². The molecule has 4 heteroatoms. The average molecular weight is 252 g/mol. The number of hydrogen-bond acceptors (Lipinski definition) is 2. The van der Waals surface area contributed by atoms with E-state index in [4.69, 9.17) is 16.3 Å². The molecule has 0 unspecified atom stereocenters. The van der Waals surface area contributed by atoms with Gasteiger partial charge in [-0.05, 0) is 38.1 Å². The van der Waals surface area contributed by atoms with Crippen LogP contribution >= 0.6 is 11.6 Å². The molecular weight excluding hydrogens is 238 g/mol. The molecule has 1 aromatic rings. The topological polar surface area (TPSA) is 38.3 Å². The number of amides is 1. The van der Waals surface area contributed by atoms with Crippen LogP contribution in [0.1, 0.15) is 26.3 Å². The molecule has 0 atom stereocenters. The van der Waals surface area contributed by atoms with E-state index in [-0.39, 0.29) is 5.91 Å². The number of hydrogen-bond donors (Lipinski definition) is 1. The van der Waals surface area contributed by atoms with Crippen molar-refractivity contribution in [2.45, 2.75) is 26.4 Å². The third-order valence-corrected chi connectivity index (χ3v) is 2.64. The lowest BCUT2D eigenvalue weighted by Crippen LogP contribution is -2.32. The van der Waals surface area contributed by atoms with Crippen molar-refractivity contribution < 1.29 is 9.53 Å². The Bertz CT molecular complexity index is 506. The highest BCUT2D eigenvalue weighted by Gasteiger charge is 2.27. The molecule has 1 N–H and O–H groups in total. The number of carbonyl (C=O) groups excluding carboxylic acids is 1. The maximum atomic E-state index is 11.2. The maximum absolute atomic E-state index is 11.2. The first-order valence-corrected chi connectivity index (χ1v) is 5.74. The van der Waals surface area contributed by atoms with Crippen molar-refractivity contribution in [2.24, 2.45) is 0 Å². The molecule has 0 saturated heterocycles. The molecule has 0 aliphatic carbocycles. The van der Waals surface area contributed by atoms with Crippen molar-refractivity contribution in [3.05, 3.63) is 34.9 Å². The van der Waals surface area contributed by atoms with Crippen LogP contribution in [-0.4, -0.2) is 11.5 Å². The second-order valence-corrected chi connectivity index (χ2v) is 5.02. The second kappa shape index (κ2) is 4.08. The minimum Gasteiger partial charge on any atom is -0.483 e. The van der Waals surface area contributed by atoms with Crippen LogP contribution in [0.3, 0.4) is 0 Å². The quantitative estimate of drug-likeness (QED) is 0.833. The zero-order valence-corrected chi connectivity index (χ0v) is 10.8. The Morgan fingerprint density at radius 1 is 1.41 bits per heavy atom. The Hall–Kier alpha value is -1.48. The number of rotatable bonds is 1. The highest BCUT2D eigenvalue weighted by atomic mass is 35.5. The first-order valence-electron chi connectivity index (χ1n) is 5.37. The highest BCUT2D eigenvalue weighted by Crippen LogP contribution is 2.36. The van der Waals surface area contributed by atoms with Gasteiger partial charge in [-0.2, -0.15) is 0 Å². The predicted molar refractivity (Wildman–Crippen MR) is 68.0 cm³/mol. The molecule has 3 nitrogen and oxygen atoms in total. The van der Waals surface area contributed by atoms with Gasteiger partial charge in [0, 0.05) is 17.5 Å². The third kappa shape index (κ3) is 2.61. The highest BCUT2D eigenvalue weighted by molar-refractivity contribution is 6.30. The van der Waals surface area contributed by atoms with Crippen LogP contribution in [-0.2, 0) is 4.79 Å². The van der Waals surface area contributed by atoms with E-state index in [1.807, 2.05) is 26.0 Å². The average Bonchev–Trinajstić information content (AvgIpc) is 2.17. The van der Waals surface area contributed by atoms with Gasteiger partial charge in [0.1, 0.15) is 11.4 Å². The second-order valence-electron chi connectivity index (χ2n) is 4.59. The standard InChI is InChI=1S/C13H14ClNO2/c1-8(16)15-11-7-13(2,3)17-12-5-4-9(14)6-10(11)12/h4-7H,1-3H3,(H,15,16). The smallest absolute Gasteiger partial charge is 0.221 e. The first kappa shape index (κ1) is 12.0. The summed E-state index contributed by atoms with van der Waals surface area (Å²) in [7, 11) is 0. The monoisotopic (exact) mass is 251 g/mol. The van der Waals surface area contributed by atoms with E-state index in [1.54, 1.807) is 12.1 Å². The molecule has 1 aliphatic rings. The van der Waals surface area contributed by atoms with Gasteiger partial charge in [-0.1, -0.05) is 11.6 Å². The first-order chi connectivity index (χ1) is 7.87. The Morgan fingerprint density at radius 2 is 2.12 bits per heavy atom. The summed E-state index contributed by atoms with van der Waals surface area (Å²) >= 11 is 5.95. The van der Waals surface area contributed by atoms with Crippen LogP contribution in [0.2, 0.25) is 5.02 Å². The van der Waals surface area contributed by atoms with E-state index >= 15 is 0 Å². The fourth-order valence-corrected chi connectivity index (χ4v) is 2.01. The zero-order chi connectivity index (χ0) is 12.6. The number of fused-ring (bicyclic) bond motifs is 1. The van der Waals surface area contributed by atoms with E-state index in [2.05, 4.69) is 5.32 Å². The zero-order valence-electron chi connectivity index (χ0n) is 10.0. The lowest BCUT2D eigenvalue weighted by molar-refractivity contribution is -0.117. The maximum Gasteiger partial charge on any atom is 0.221 e. The summed E-state index contributed by atoms with van der Waals surface area (Å²) in [5.41, 5.74) is 1.11. The summed E-state index contributed by atoms with van der Waals surface area (Å²) in [4.78, 5) is 11.2. The fraction of sp³-hybridized carbons (Fsp3) is 0.308. The number of halogens is 1. The minimum absolute atomic E-state index is 0.111. The summed E-state index contributed by atoms with van der Waals surface area (Å²) in [6.07, 6.45) is 1.88. The molecule has 0 bridgehead atoms. The van der Waals surface area contributed by atoms with Crippen molar-refractivity contribution in [2.75, 3.05) is 0 Å². The van der Waals surface area contributed by atoms with Gasteiger partial charge in [0.2, 0.25) is 5.91 Å². The Morgan fingerprint density at radius 3 is 2.76 bits per heavy atom. The predicted octanol–water partition coefficient (Wildman–Crippen LogP) is 2.99. The summed E-state index contributed by atoms with van der Waals surface area (Å²) in [6, 6.07) is 5.37. The number of benzene rings is 1. The van der Waals surface area contributed by atoms with Crippen molar-refractivity contribution in [3.8, 4) is 5.75 Å². The number of nitrogens with one attached hydrogen (secondary N) is 1. The molecule has 1 aliphatic heterocycles. The normalized spacial score (nSPS) is 16.6. The van der Waals surface area contributed by atoms with Crippen LogP contribution < -0.4 is 10.1 Å². The molecule has 0 saturated carbocycles. The molecule has 1 heterocycles. The lowest BCUT2D eigenvalue weighted by atomic mass is 9.99. The van der Waals surface area contributed by atoms with Crippen molar-refractivity contribution in [1.29, 1.82) is 0 Å². The molecule has 0 aromatic heterocycles. The molecule has 1 amide bonds.